The van der Waals surface area contributed by atoms with Crippen LogP contribution < -0.4 is 10.5 Å². The van der Waals surface area contributed by atoms with Crippen molar-refractivity contribution in [2.24, 2.45) is 10.9 Å². The summed E-state index contributed by atoms with van der Waals surface area (Å²) in [6.07, 6.45) is 0.780. The number of hydrogen-bond acceptors (Lipinski definition) is 3. The van der Waals surface area contributed by atoms with Crippen LogP contribution in [-0.4, -0.2) is 17.6 Å². The lowest BCUT2D eigenvalue weighted by atomic mass is 9.92. The van der Waals surface area contributed by atoms with Gasteiger partial charge >= 0.3 is 0 Å². The van der Waals surface area contributed by atoms with E-state index >= 15 is 0 Å². The third kappa shape index (κ3) is 5.17. The molecule has 0 atom stereocenters. The van der Waals surface area contributed by atoms with E-state index in [1.165, 1.54) is 22.3 Å². The van der Waals surface area contributed by atoms with E-state index in [0.29, 0.717) is 18.1 Å². The van der Waals surface area contributed by atoms with Gasteiger partial charge in [-0.15, -0.1) is 0 Å². The average molecular weight is 389 g/mol. The van der Waals surface area contributed by atoms with E-state index in [1.54, 1.807) is 0 Å². The lowest BCUT2D eigenvalue weighted by Gasteiger charge is -2.15. The van der Waals surface area contributed by atoms with Gasteiger partial charge in [0.25, 0.3) is 0 Å². The maximum absolute atomic E-state index is 8.74. The largest absolute Gasteiger partial charge is 0.493 e. The summed E-state index contributed by atoms with van der Waals surface area (Å²) in [5.41, 5.74) is 12.4. The quantitative estimate of drug-likeness (QED) is 0.243. The van der Waals surface area contributed by atoms with E-state index in [2.05, 4.69) is 68.4 Å². The first kappa shape index (κ1) is 20.5. The first-order valence-electron chi connectivity index (χ1n) is 9.88. The van der Waals surface area contributed by atoms with Gasteiger partial charge in [0.1, 0.15) is 5.75 Å². The van der Waals surface area contributed by atoms with Crippen LogP contribution in [0.5, 0.6) is 5.75 Å². The van der Waals surface area contributed by atoms with E-state index in [9.17, 15) is 0 Å². The molecule has 0 fully saturated rings. The van der Waals surface area contributed by atoms with Crippen molar-refractivity contribution in [1.29, 1.82) is 0 Å². The zero-order chi connectivity index (χ0) is 20.8. The number of hydrogen-bond donors (Lipinski definition) is 2. The molecule has 29 heavy (non-hydrogen) atoms. The molecule has 0 unspecified atom stereocenters. The Bertz CT molecular complexity index is 992. The fourth-order valence-electron chi connectivity index (χ4n) is 3.44. The Kier molecular flexibility index (Phi) is 6.55. The summed E-state index contributed by atoms with van der Waals surface area (Å²) in [6.45, 7) is 7.12. The summed E-state index contributed by atoms with van der Waals surface area (Å²) >= 11 is 0. The second-order valence-electron chi connectivity index (χ2n) is 7.56. The van der Waals surface area contributed by atoms with Crippen LogP contribution in [0, 0.1) is 6.92 Å². The average Bonchev–Trinajstić information content (AvgIpc) is 2.73. The normalized spacial score (nSPS) is 11.7. The first-order valence-corrected chi connectivity index (χ1v) is 9.88. The van der Waals surface area contributed by atoms with Crippen molar-refractivity contribution in [2.45, 2.75) is 33.1 Å². The summed E-state index contributed by atoms with van der Waals surface area (Å²) < 4.78 is 6.06. The first-order chi connectivity index (χ1) is 14.0. The van der Waals surface area contributed by atoms with Crippen LogP contribution in [-0.2, 0) is 6.42 Å². The summed E-state index contributed by atoms with van der Waals surface area (Å²) in [7, 11) is 0. The van der Waals surface area contributed by atoms with Gasteiger partial charge in [0.05, 0.1) is 6.61 Å². The Labute approximate surface area is 172 Å². The van der Waals surface area contributed by atoms with E-state index in [-0.39, 0.29) is 5.84 Å². The third-order valence-electron chi connectivity index (χ3n) is 4.96. The van der Waals surface area contributed by atoms with Crippen LogP contribution in [0.25, 0.3) is 11.1 Å². The molecule has 150 valence electrons. The minimum atomic E-state index is 0.113. The predicted octanol–water partition coefficient (Wildman–Crippen LogP) is 5.50. The summed E-state index contributed by atoms with van der Waals surface area (Å²) in [4.78, 5) is 0. The smallest absolute Gasteiger partial charge is 0.170 e. The van der Waals surface area contributed by atoms with E-state index < -0.39 is 0 Å². The molecule has 3 N–H and O–H groups in total. The van der Waals surface area contributed by atoms with Gasteiger partial charge in [-0.2, -0.15) is 0 Å². The molecule has 0 aromatic heterocycles. The highest BCUT2D eigenvalue weighted by molar-refractivity contribution is 5.96. The Morgan fingerprint density at radius 1 is 1.03 bits per heavy atom. The summed E-state index contributed by atoms with van der Waals surface area (Å²) in [5.74, 6) is 1.46. The molecule has 0 saturated carbocycles. The van der Waals surface area contributed by atoms with Crippen LogP contribution >= 0.6 is 0 Å². The van der Waals surface area contributed by atoms with Crippen molar-refractivity contribution >= 4 is 5.84 Å². The molecule has 0 aliphatic heterocycles. The molecule has 0 aliphatic carbocycles. The number of rotatable bonds is 7. The van der Waals surface area contributed by atoms with Gasteiger partial charge in [0.2, 0.25) is 0 Å². The Morgan fingerprint density at radius 2 is 1.76 bits per heavy atom. The minimum absolute atomic E-state index is 0.113. The molecule has 0 amide bonds. The van der Waals surface area contributed by atoms with Crippen molar-refractivity contribution in [2.75, 3.05) is 6.61 Å². The number of oxime groups is 1. The monoisotopic (exact) mass is 388 g/mol. The number of amidine groups is 1. The second-order valence-corrected chi connectivity index (χ2v) is 7.56. The molecule has 0 heterocycles. The molecule has 0 spiro atoms. The number of nitrogens with zero attached hydrogens (tertiary/aromatic N) is 1. The molecule has 0 saturated heterocycles. The molecular weight excluding hydrogens is 360 g/mol. The van der Waals surface area contributed by atoms with Crippen LogP contribution in [0.2, 0.25) is 0 Å². The Balaban J connectivity index is 1.71. The number of benzene rings is 3. The zero-order valence-corrected chi connectivity index (χ0v) is 17.2. The molecule has 0 aliphatic rings. The van der Waals surface area contributed by atoms with Crippen LogP contribution in [0.15, 0.2) is 71.9 Å². The van der Waals surface area contributed by atoms with Crippen LogP contribution in [0.4, 0.5) is 0 Å². The van der Waals surface area contributed by atoms with Crippen molar-refractivity contribution in [3.63, 3.8) is 0 Å². The molecule has 4 nitrogen and oxygen atoms in total. The fourth-order valence-corrected chi connectivity index (χ4v) is 3.44. The Morgan fingerprint density at radius 3 is 2.45 bits per heavy atom. The maximum Gasteiger partial charge on any atom is 0.170 e. The fraction of sp³-hybridized carbons (Fsp3) is 0.240. The predicted molar refractivity (Wildman–Crippen MR) is 119 cm³/mol. The van der Waals surface area contributed by atoms with E-state index in [4.69, 9.17) is 15.7 Å². The van der Waals surface area contributed by atoms with Crippen LogP contribution in [0.3, 0.4) is 0 Å². The highest BCUT2D eigenvalue weighted by atomic mass is 16.5. The van der Waals surface area contributed by atoms with Gasteiger partial charge in [-0.3, -0.25) is 0 Å². The standard InChI is InChI=1S/C25H28N2O2/c1-17(2)23-6-4-5-7-24(23)21-14-18(3)15-22(16-21)29-13-12-19-8-10-20(11-9-19)25(26)27-28/h4-11,14-17,28H,12-13H2,1-3H3,(H2,26,27). The Hall–Kier alpha value is -3.27. The maximum atomic E-state index is 8.74. The van der Waals surface area contributed by atoms with Gasteiger partial charge in [-0.1, -0.05) is 73.6 Å². The molecular formula is C25H28N2O2. The van der Waals surface area contributed by atoms with Crippen LogP contribution in [0.1, 0.15) is 42.0 Å². The zero-order valence-electron chi connectivity index (χ0n) is 17.2. The van der Waals surface area contributed by atoms with Gasteiger partial charge in [-0.25, -0.2) is 0 Å². The second kappa shape index (κ2) is 9.28. The number of nitrogens with two attached hydrogens (primary N) is 1. The van der Waals surface area contributed by atoms with E-state index in [1.807, 2.05) is 24.3 Å². The van der Waals surface area contributed by atoms with Gasteiger partial charge in [0.15, 0.2) is 5.84 Å². The minimum Gasteiger partial charge on any atom is -0.493 e. The highest BCUT2D eigenvalue weighted by Crippen LogP contribution is 2.32. The van der Waals surface area contributed by atoms with Crippen molar-refractivity contribution < 1.29 is 9.94 Å². The highest BCUT2D eigenvalue weighted by Gasteiger charge is 2.10. The topological polar surface area (TPSA) is 67.8 Å². The lowest BCUT2D eigenvalue weighted by Crippen LogP contribution is -2.12. The van der Waals surface area contributed by atoms with Crippen molar-refractivity contribution in [1.82, 2.24) is 0 Å². The molecule has 3 aromatic carbocycles. The number of aryl methyl sites for hydroxylation is 1. The SMILES string of the molecule is Cc1cc(OCCc2ccc(/C(N)=N\O)cc2)cc(-c2ccccc2C(C)C)c1. The van der Waals surface area contributed by atoms with Gasteiger partial charge < -0.3 is 15.7 Å². The summed E-state index contributed by atoms with van der Waals surface area (Å²) in [5, 5.41) is 11.8. The van der Waals surface area contributed by atoms with Crippen molar-refractivity contribution in [3.05, 3.63) is 89.0 Å². The molecule has 0 radical (unpaired) electrons. The molecule has 0 bridgehead atoms. The van der Waals surface area contributed by atoms with Gasteiger partial charge in [0, 0.05) is 12.0 Å². The summed E-state index contributed by atoms with van der Waals surface area (Å²) in [6, 6.07) is 22.6. The molecule has 3 rings (SSSR count). The number of ether oxygens (including phenoxy) is 1. The lowest BCUT2D eigenvalue weighted by molar-refractivity contribution is 0.318. The van der Waals surface area contributed by atoms with E-state index in [0.717, 1.165) is 17.7 Å². The molecule has 3 aromatic rings. The van der Waals surface area contributed by atoms with Gasteiger partial charge in [-0.05, 0) is 52.8 Å². The third-order valence-corrected chi connectivity index (χ3v) is 4.96. The molecule has 4 heteroatoms. The van der Waals surface area contributed by atoms with Crippen molar-refractivity contribution in [3.8, 4) is 16.9 Å².